The molecule has 7 nitrogen and oxygen atoms in total. The van der Waals surface area contributed by atoms with Gasteiger partial charge in [-0.05, 0) is 42.7 Å². The van der Waals surface area contributed by atoms with Crippen LogP contribution in [0.4, 0.5) is 4.79 Å². The number of benzene rings is 1. The van der Waals surface area contributed by atoms with Crippen LogP contribution in [0.2, 0.25) is 0 Å². The van der Waals surface area contributed by atoms with Crippen molar-refractivity contribution < 1.29 is 19.4 Å². The minimum atomic E-state index is -0.870. The Bertz CT molecular complexity index is 1040. The minimum Gasteiger partial charge on any atom is -0.493 e. The smallest absolute Gasteiger partial charge is 0.424 e. The molecule has 0 saturated carbocycles. The Morgan fingerprint density at radius 1 is 1.13 bits per heavy atom. The molecule has 0 aliphatic heterocycles. The van der Waals surface area contributed by atoms with Gasteiger partial charge in [0.15, 0.2) is 0 Å². The van der Waals surface area contributed by atoms with E-state index in [2.05, 4.69) is 18.0 Å². The average molecular weight is 429 g/mol. The number of pyridine rings is 1. The highest BCUT2D eigenvalue weighted by molar-refractivity contribution is 7.09. The van der Waals surface area contributed by atoms with Crippen molar-refractivity contribution in [1.82, 2.24) is 9.55 Å². The van der Waals surface area contributed by atoms with Gasteiger partial charge in [0, 0.05) is 24.7 Å². The summed E-state index contributed by atoms with van der Waals surface area (Å²) >= 11 is 0.827. The maximum atomic E-state index is 12.0. The predicted molar refractivity (Wildman–Crippen MR) is 115 cm³/mol. The molecule has 0 fully saturated rings. The third kappa shape index (κ3) is 5.27. The summed E-state index contributed by atoms with van der Waals surface area (Å²) in [4.78, 5) is 28.0. The van der Waals surface area contributed by atoms with E-state index in [0.717, 1.165) is 41.2 Å². The first-order chi connectivity index (χ1) is 14.5. The summed E-state index contributed by atoms with van der Waals surface area (Å²) in [6.07, 6.45) is 3.03. The molecule has 158 valence electrons. The first kappa shape index (κ1) is 21.6. The highest BCUT2D eigenvalue weighted by atomic mass is 32.1. The molecule has 3 aromatic rings. The molecule has 0 unspecified atom stereocenters. The predicted octanol–water partition coefficient (Wildman–Crippen LogP) is 3.79. The number of carbonyl (C=O) groups is 1. The van der Waals surface area contributed by atoms with Gasteiger partial charge in [-0.1, -0.05) is 36.5 Å². The normalized spacial score (nSPS) is 10.7. The van der Waals surface area contributed by atoms with Crippen molar-refractivity contribution in [2.75, 3.05) is 13.2 Å². The Morgan fingerprint density at radius 2 is 1.87 bits per heavy atom. The molecule has 0 bridgehead atoms. The topological polar surface area (TPSA) is 90.7 Å². The van der Waals surface area contributed by atoms with Gasteiger partial charge in [-0.2, -0.15) is 4.57 Å². The maximum absolute atomic E-state index is 12.0. The van der Waals surface area contributed by atoms with E-state index in [1.54, 1.807) is 6.92 Å². The molecule has 3 rings (SSSR count). The average Bonchev–Trinajstić information content (AvgIpc) is 3.03. The number of aromatic nitrogens is 2. The van der Waals surface area contributed by atoms with Gasteiger partial charge in [0.25, 0.3) is 0 Å². The summed E-state index contributed by atoms with van der Waals surface area (Å²) in [5.74, 6) is 0.357. The molecule has 2 aromatic heterocycles. The van der Waals surface area contributed by atoms with E-state index in [-0.39, 0.29) is 12.5 Å². The first-order valence-electron chi connectivity index (χ1n) is 9.78. The monoisotopic (exact) mass is 428 g/mol. The molecule has 30 heavy (non-hydrogen) atoms. The number of aromatic hydroxyl groups is 1. The molecule has 1 N–H and O–H groups in total. The van der Waals surface area contributed by atoms with Gasteiger partial charge in [-0.3, -0.25) is 9.78 Å². The Hall–Kier alpha value is -3.13. The second-order valence-electron chi connectivity index (χ2n) is 6.58. The molecular formula is C22H24N2O5S. The van der Waals surface area contributed by atoms with Gasteiger partial charge in [-0.15, -0.1) is 0 Å². The van der Waals surface area contributed by atoms with Crippen molar-refractivity contribution in [2.45, 2.75) is 33.1 Å². The number of hydrogen-bond donors (Lipinski definition) is 1. The molecule has 0 aliphatic carbocycles. The number of aryl methyl sites for hydroxylation is 1. The summed E-state index contributed by atoms with van der Waals surface area (Å²) in [5, 5.41) is 10.2. The molecule has 0 saturated heterocycles. The van der Waals surface area contributed by atoms with E-state index >= 15 is 0 Å². The lowest BCUT2D eigenvalue weighted by molar-refractivity contribution is 0.150. The van der Waals surface area contributed by atoms with Crippen LogP contribution in [0.1, 0.15) is 35.5 Å². The molecule has 2 heterocycles. The molecule has 0 atom stereocenters. The van der Waals surface area contributed by atoms with Crippen LogP contribution < -0.4 is 9.61 Å². The van der Waals surface area contributed by atoms with Crippen LogP contribution in [-0.4, -0.2) is 34.0 Å². The van der Waals surface area contributed by atoms with Crippen LogP contribution in [-0.2, 0) is 24.0 Å². The SMILES string of the molecule is CCOC(=O)n1c(O)c(Cc2ccc(OCCc3ccc(CC)cn3)cc2)sc1=O. The fraction of sp³-hybridized carbons (Fsp3) is 0.318. The van der Waals surface area contributed by atoms with Gasteiger partial charge in [0.05, 0.1) is 18.1 Å². The van der Waals surface area contributed by atoms with Crippen LogP contribution in [0, 0.1) is 0 Å². The third-order valence-electron chi connectivity index (χ3n) is 4.51. The Kier molecular flexibility index (Phi) is 7.24. The van der Waals surface area contributed by atoms with Crippen molar-refractivity contribution in [2.24, 2.45) is 0 Å². The van der Waals surface area contributed by atoms with Crippen molar-refractivity contribution in [3.05, 3.63) is 74.0 Å². The van der Waals surface area contributed by atoms with Crippen LogP contribution in [0.5, 0.6) is 11.6 Å². The molecule has 0 spiro atoms. The summed E-state index contributed by atoms with van der Waals surface area (Å²) in [5.41, 5.74) is 3.08. The molecule has 0 amide bonds. The van der Waals surface area contributed by atoms with E-state index in [1.807, 2.05) is 36.5 Å². The highest BCUT2D eigenvalue weighted by Gasteiger charge is 2.20. The zero-order valence-corrected chi connectivity index (χ0v) is 17.8. The second kappa shape index (κ2) is 10.1. The summed E-state index contributed by atoms with van der Waals surface area (Å²) in [7, 11) is 0. The largest absolute Gasteiger partial charge is 0.493 e. The quantitative estimate of drug-likeness (QED) is 0.587. The van der Waals surface area contributed by atoms with Gasteiger partial charge in [0.1, 0.15) is 5.75 Å². The minimum absolute atomic E-state index is 0.122. The number of thiazole rings is 1. The van der Waals surface area contributed by atoms with Crippen LogP contribution >= 0.6 is 11.3 Å². The lowest BCUT2D eigenvalue weighted by Gasteiger charge is -2.07. The summed E-state index contributed by atoms with van der Waals surface area (Å²) in [6.45, 7) is 4.37. The standard InChI is InChI=1S/C22H24N2O5S/c1-3-15-5-8-17(23-14-15)11-12-29-18-9-6-16(7-10-18)13-19-20(25)24(22(27)30-19)21(26)28-4-2/h5-10,14,25H,3-4,11-13H2,1-2H3. The van der Waals surface area contributed by atoms with Crippen molar-refractivity contribution >= 4 is 17.4 Å². The van der Waals surface area contributed by atoms with Gasteiger partial charge < -0.3 is 14.6 Å². The Labute approximate surface area is 178 Å². The lowest BCUT2D eigenvalue weighted by atomic mass is 10.1. The lowest BCUT2D eigenvalue weighted by Crippen LogP contribution is -2.22. The van der Waals surface area contributed by atoms with E-state index in [1.165, 1.54) is 5.56 Å². The number of carbonyl (C=O) groups excluding carboxylic acids is 1. The zero-order valence-electron chi connectivity index (χ0n) is 17.0. The number of rotatable bonds is 8. The fourth-order valence-corrected chi connectivity index (χ4v) is 3.73. The second-order valence-corrected chi connectivity index (χ2v) is 7.63. The summed E-state index contributed by atoms with van der Waals surface area (Å²) < 4.78 is 11.2. The zero-order chi connectivity index (χ0) is 21.5. The molecule has 1 aromatic carbocycles. The number of hydrogen-bond acceptors (Lipinski definition) is 7. The summed E-state index contributed by atoms with van der Waals surface area (Å²) in [6, 6.07) is 11.5. The maximum Gasteiger partial charge on any atom is 0.424 e. The Balaban J connectivity index is 1.57. The van der Waals surface area contributed by atoms with Crippen molar-refractivity contribution in [3.8, 4) is 11.6 Å². The van der Waals surface area contributed by atoms with E-state index < -0.39 is 11.0 Å². The van der Waals surface area contributed by atoms with E-state index in [9.17, 15) is 14.7 Å². The van der Waals surface area contributed by atoms with Crippen LogP contribution in [0.3, 0.4) is 0 Å². The van der Waals surface area contributed by atoms with Crippen molar-refractivity contribution in [1.29, 1.82) is 0 Å². The first-order valence-corrected chi connectivity index (χ1v) is 10.6. The van der Waals surface area contributed by atoms with Crippen molar-refractivity contribution in [3.63, 3.8) is 0 Å². The number of ether oxygens (including phenoxy) is 2. The molecule has 0 radical (unpaired) electrons. The molecule has 8 heteroatoms. The van der Waals surface area contributed by atoms with Gasteiger partial charge in [0.2, 0.25) is 5.88 Å². The van der Waals surface area contributed by atoms with E-state index in [4.69, 9.17) is 9.47 Å². The van der Waals surface area contributed by atoms with Gasteiger partial charge >= 0.3 is 11.0 Å². The van der Waals surface area contributed by atoms with E-state index in [0.29, 0.717) is 22.5 Å². The number of nitrogens with zero attached hydrogens (tertiary/aromatic N) is 2. The Morgan fingerprint density at radius 3 is 2.50 bits per heavy atom. The molecule has 0 aliphatic rings. The highest BCUT2D eigenvalue weighted by Crippen LogP contribution is 2.24. The van der Waals surface area contributed by atoms with Gasteiger partial charge in [-0.25, -0.2) is 4.79 Å². The van der Waals surface area contributed by atoms with Crippen LogP contribution in [0.25, 0.3) is 0 Å². The molecular weight excluding hydrogens is 404 g/mol. The van der Waals surface area contributed by atoms with Crippen LogP contribution in [0.15, 0.2) is 47.4 Å². The third-order valence-corrected chi connectivity index (χ3v) is 5.44. The fourth-order valence-electron chi connectivity index (χ4n) is 2.85.